The molecule has 0 saturated heterocycles. The Balaban J connectivity index is 0.000000130. The lowest BCUT2D eigenvalue weighted by Gasteiger charge is -2.34. The van der Waals surface area contributed by atoms with Crippen LogP contribution in [0, 0.1) is 34.6 Å². The summed E-state index contributed by atoms with van der Waals surface area (Å²) < 4.78 is 2.34. The molecule has 70 heavy (non-hydrogen) atoms. The van der Waals surface area contributed by atoms with Gasteiger partial charge in [0.25, 0.3) is 0 Å². The van der Waals surface area contributed by atoms with E-state index < -0.39 is 0 Å². The van der Waals surface area contributed by atoms with E-state index in [9.17, 15) is 0 Å². The van der Waals surface area contributed by atoms with Crippen molar-refractivity contribution in [2.75, 3.05) is 0 Å². The van der Waals surface area contributed by atoms with E-state index in [1.807, 2.05) is 24.3 Å². The van der Waals surface area contributed by atoms with Gasteiger partial charge in [-0.3, -0.25) is 0 Å². The summed E-state index contributed by atoms with van der Waals surface area (Å²) in [5.74, 6) is 0. The fraction of sp³-hybridized carbons (Fsp3) is 0.101. The minimum absolute atomic E-state index is 0.289. The van der Waals surface area contributed by atoms with Crippen molar-refractivity contribution in [1.82, 2.24) is 4.57 Å². The van der Waals surface area contributed by atoms with E-state index in [2.05, 4.69) is 283 Å². The van der Waals surface area contributed by atoms with Crippen molar-refractivity contribution in [3.05, 3.63) is 322 Å². The first kappa shape index (κ1) is 46.8. The number of benzene rings is 10. The van der Waals surface area contributed by atoms with Gasteiger partial charge in [0.15, 0.2) is 0 Å². The van der Waals surface area contributed by atoms with Crippen LogP contribution in [-0.4, -0.2) is 4.57 Å². The lowest BCUT2D eigenvalue weighted by molar-refractivity contribution is 0.743. The number of fused-ring (bicyclic) bond motifs is 4. The average Bonchev–Trinajstić information content (AvgIpc) is 3.86. The number of hydrogen-bond donors (Lipinski definition) is 0. The summed E-state index contributed by atoms with van der Waals surface area (Å²) >= 11 is 0. The Kier molecular flexibility index (Phi) is 14.3. The highest BCUT2D eigenvalue weighted by Crippen LogP contribution is 2.56. The molecule has 0 spiro atoms. The van der Waals surface area contributed by atoms with E-state index in [1.54, 1.807) is 0 Å². The zero-order valence-electron chi connectivity index (χ0n) is 41.3. The standard InChI is InChI=1S/C30H26.C19H15N.C13H12.C7H8/c1-21-18-19-28-27(20-21)29(26-17-11-10-12-22(26)2)23(3)30(28,24-13-6-4-7-14-24)25-15-8-5-9-16-25;1-14-11-12-19-17(13-14)16-9-5-6-10-18(16)20(19)15-7-3-2-4-8-15;1-11-6-5-9-13(10-11)12-7-3-2-4-8-12;1-7-5-3-2-4-6-7/h4-20H,1-3H3;2-13H,1H3;2-10H,1H3;2-6H,1H3. The predicted octanol–water partition coefficient (Wildman–Crippen LogP) is 18.2. The molecule has 10 aromatic carbocycles. The monoisotopic (exact) mass is 903 g/mol. The van der Waals surface area contributed by atoms with Crippen LogP contribution in [0.4, 0.5) is 0 Å². The van der Waals surface area contributed by atoms with Crippen molar-refractivity contribution in [3.63, 3.8) is 0 Å². The smallest absolute Gasteiger partial charge is 0.0674 e. The molecule has 0 unspecified atom stereocenters. The first-order chi connectivity index (χ1) is 34.2. The summed E-state index contributed by atoms with van der Waals surface area (Å²) in [5.41, 5.74) is 22.0. The van der Waals surface area contributed by atoms with Crippen molar-refractivity contribution in [1.29, 1.82) is 0 Å². The predicted molar refractivity (Wildman–Crippen MR) is 300 cm³/mol. The molecule has 0 amide bonds. The first-order valence-corrected chi connectivity index (χ1v) is 24.4. The van der Waals surface area contributed by atoms with Crippen LogP contribution >= 0.6 is 0 Å². The SMILES string of the molecule is CC1=C(c2ccccc2C)c2cc(C)ccc2C1(c1ccccc1)c1ccccc1.Cc1ccc2c(c1)c1ccccc1n2-c1ccccc1.Cc1cccc(-c2ccccc2)c1.Cc1ccccc1. The highest BCUT2D eigenvalue weighted by molar-refractivity contribution is 6.09. The third-order valence-corrected chi connectivity index (χ3v) is 13.5. The molecule has 1 heteroatoms. The summed E-state index contributed by atoms with van der Waals surface area (Å²) in [6.45, 7) is 13.1. The summed E-state index contributed by atoms with van der Waals surface area (Å²) in [6.07, 6.45) is 0. The van der Waals surface area contributed by atoms with E-state index in [4.69, 9.17) is 0 Å². The van der Waals surface area contributed by atoms with E-state index >= 15 is 0 Å². The summed E-state index contributed by atoms with van der Waals surface area (Å²) in [6, 6.07) is 92.8. The van der Waals surface area contributed by atoms with Crippen molar-refractivity contribution in [3.8, 4) is 16.8 Å². The molecule has 11 aromatic rings. The number of allylic oxidation sites excluding steroid dienone is 1. The second-order valence-electron chi connectivity index (χ2n) is 18.4. The van der Waals surface area contributed by atoms with Gasteiger partial charge in [-0.05, 0) is 128 Å². The highest BCUT2D eigenvalue weighted by atomic mass is 15.0. The van der Waals surface area contributed by atoms with Gasteiger partial charge in [0, 0.05) is 16.5 Å². The maximum absolute atomic E-state index is 2.37. The largest absolute Gasteiger partial charge is 0.309 e. The molecular weight excluding hydrogens is 843 g/mol. The Hall–Kier alpha value is -8.26. The van der Waals surface area contributed by atoms with Crippen molar-refractivity contribution < 1.29 is 0 Å². The third-order valence-electron chi connectivity index (χ3n) is 13.5. The van der Waals surface area contributed by atoms with Crippen molar-refractivity contribution in [2.24, 2.45) is 0 Å². The molecule has 0 radical (unpaired) electrons. The molecule has 1 aromatic heterocycles. The highest BCUT2D eigenvalue weighted by Gasteiger charge is 2.46. The van der Waals surface area contributed by atoms with Crippen LogP contribution in [0.3, 0.4) is 0 Å². The van der Waals surface area contributed by atoms with Gasteiger partial charge in [0.05, 0.1) is 16.4 Å². The molecule has 0 saturated carbocycles. The first-order valence-electron chi connectivity index (χ1n) is 24.4. The molecule has 0 fully saturated rings. The fourth-order valence-electron chi connectivity index (χ4n) is 10.2. The van der Waals surface area contributed by atoms with E-state index in [0.29, 0.717) is 0 Å². The van der Waals surface area contributed by atoms with Crippen molar-refractivity contribution in [2.45, 2.75) is 47.0 Å². The molecule has 1 nitrogen and oxygen atoms in total. The zero-order valence-corrected chi connectivity index (χ0v) is 41.3. The lowest BCUT2D eigenvalue weighted by atomic mass is 9.67. The van der Waals surface area contributed by atoms with Crippen LogP contribution in [0.15, 0.2) is 266 Å². The van der Waals surface area contributed by atoms with Crippen LogP contribution in [0.5, 0.6) is 0 Å². The molecule has 0 bridgehead atoms. The number of rotatable bonds is 5. The minimum Gasteiger partial charge on any atom is -0.309 e. The number of para-hydroxylation sites is 2. The Bertz CT molecular complexity index is 3470. The van der Waals surface area contributed by atoms with Gasteiger partial charge in [-0.1, -0.05) is 253 Å². The number of hydrogen-bond acceptors (Lipinski definition) is 0. The van der Waals surface area contributed by atoms with Gasteiger partial charge in [0.2, 0.25) is 0 Å². The van der Waals surface area contributed by atoms with Gasteiger partial charge in [-0.2, -0.15) is 0 Å². The Morgan fingerprint density at radius 2 is 0.800 bits per heavy atom. The minimum atomic E-state index is -0.289. The quantitative estimate of drug-likeness (QED) is 0.162. The Labute approximate surface area is 415 Å². The average molecular weight is 904 g/mol. The van der Waals surface area contributed by atoms with Crippen LogP contribution in [0.1, 0.15) is 62.6 Å². The molecule has 1 aliphatic rings. The van der Waals surface area contributed by atoms with Gasteiger partial charge in [0.1, 0.15) is 0 Å². The van der Waals surface area contributed by atoms with Crippen LogP contribution in [0.25, 0.3) is 44.2 Å². The molecule has 342 valence electrons. The lowest BCUT2D eigenvalue weighted by Crippen LogP contribution is -2.28. The molecule has 0 atom stereocenters. The number of nitrogens with zero attached hydrogens (tertiary/aromatic N) is 1. The van der Waals surface area contributed by atoms with E-state index in [1.165, 1.54) is 105 Å². The Morgan fingerprint density at radius 3 is 1.41 bits per heavy atom. The van der Waals surface area contributed by atoms with E-state index in [0.717, 1.165) is 0 Å². The Morgan fingerprint density at radius 1 is 0.314 bits per heavy atom. The third kappa shape index (κ3) is 9.70. The van der Waals surface area contributed by atoms with Gasteiger partial charge >= 0.3 is 0 Å². The second-order valence-corrected chi connectivity index (χ2v) is 18.4. The molecular formula is C69H61N. The van der Waals surface area contributed by atoms with Crippen LogP contribution in [0.2, 0.25) is 0 Å². The molecule has 1 heterocycles. The maximum atomic E-state index is 2.37. The maximum Gasteiger partial charge on any atom is 0.0674 e. The normalized spacial score (nSPS) is 12.2. The van der Waals surface area contributed by atoms with E-state index in [-0.39, 0.29) is 5.41 Å². The number of aromatic nitrogens is 1. The fourth-order valence-corrected chi connectivity index (χ4v) is 10.2. The molecule has 0 aliphatic heterocycles. The molecule has 0 N–H and O–H groups in total. The van der Waals surface area contributed by atoms with Crippen LogP contribution in [-0.2, 0) is 5.41 Å². The van der Waals surface area contributed by atoms with Gasteiger partial charge < -0.3 is 4.57 Å². The summed E-state index contributed by atoms with van der Waals surface area (Å²) in [7, 11) is 0. The van der Waals surface area contributed by atoms with Crippen LogP contribution < -0.4 is 0 Å². The number of aryl methyl sites for hydroxylation is 5. The molecule has 1 aliphatic carbocycles. The van der Waals surface area contributed by atoms with Crippen molar-refractivity contribution >= 4 is 27.4 Å². The summed E-state index contributed by atoms with van der Waals surface area (Å²) in [4.78, 5) is 0. The zero-order chi connectivity index (χ0) is 48.5. The second kappa shape index (κ2) is 21.4. The topological polar surface area (TPSA) is 4.93 Å². The van der Waals surface area contributed by atoms with Gasteiger partial charge in [-0.15, -0.1) is 0 Å². The molecule has 12 rings (SSSR count). The van der Waals surface area contributed by atoms with Gasteiger partial charge in [-0.25, -0.2) is 0 Å². The summed E-state index contributed by atoms with van der Waals surface area (Å²) in [5, 5.41) is 2.64.